The van der Waals surface area contributed by atoms with E-state index >= 15 is 0 Å². The van der Waals surface area contributed by atoms with E-state index in [2.05, 4.69) is 0 Å². The molecule has 0 fully saturated rings. The maximum absolute atomic E-state index is 9.24. The Balaban J connectivity index is 1.33. The molecule has 2 aliphatic carbocycles. The highest BCUT2D eigenvalue weighted by Gasteiger charge is 2.26. The molecule has 0 saturated carbocycles. The molecule has 0 radical (unpaired) electrons. The number of rotatable bonds is 6. The Kier molecular flexibility index (Phi) is 8.64. The summed E-state index contributed by atoms with van der Waals surface area (Å²) in [5.41, 5.74) is 6.35. The largest absolute Gasteiger partial charge is 0.493 e. The van der Waals surface area contributed by atoms with E-state index in [1.54, 1.807) is 36.4 Å². The summed E-state index contributed by atoms with van der Waals surface area (Å²) in [5.74, 6) is -1.24. The van der Waals surface area contributed by atoms with Gasteiger partial charge in [-0.25, -0.2) is 0 Å². The quantitative estimate of drug-likeness (QED) is 0.159. The van der Waals surface area contributed by atoms with Gasteiger partial charge in [0.1, 0.15) is 39.4 Å². The highest BCUT2D eigenvalue weighted by atomic mass is 16.6. The maximum atomic E-state index is 9.24. The van der Waals surface area contributed by atoms with Gasteiger partial charge in [-0.2, -0.15) is 0 Å². The topological polar surface area (TPSA) is 111 Å². The standard InChI is InChI=1S/C54H54O12/c1-55-43-19-31-13-38-26-50-45(57-3)21-33(38)15-39-27-52-44(56-2)20-32(39)14-37(31)25-49(43)61-7-8-62-51-28-40-16-35-23-47(59-5)53(65-10-9-63-50)30-42(35)18-36-24-48(60-6)54(66-12-11-64-52)29-41(36)17-34(40)22-46(51)58-4/h19-30H,7-18H2,1-6H3/i7D2,8D2,9D2,10D2,11D2,12D2. The normalized spacial score (nSPS) is 22.1. The first-order chi connectivity index (χ1) is 36.7. The van der Waals surface area contributed by atoms with Crippen molar-refractivity contribution in [1.82, 2.24) is 0 Å². The molecule has 12 nitrogen and oxygen atoms in total. The molecule has 20 rings (SSSR count). The van der Waals surface area contributed by atoms with Gasteiger partial charge in [0.2, 0.25) is 0 Å². The highest BCUT2D eigenvalue weighted by Crippen LogP contribution is 2.44. The van der Waals surface area contributed by atoms with Crippen molar-refractivity contribution in [3.63, 3.8) is 0 Å². The molecule has 14 aliphatic rings. The lowest BCUT2D eigenvalue weighted by Gasteiger charge is -2.20. The third kappa shape index (κ3) is 8.36. The summed E-state index contributed by atoms with van der Waals surface area (Å²) in [4.78, 5) is 0. The van der Waals surface area contributed by atoms with Gasteiger partial charge in [-0.3, -0.25) is 0 Å². The van der Waals surface area contributed by atoms with Crippen molar-refractivity contribution >= 4 is 0 Å². The van der Waals surface area contributed by atoms with Crippen LogP contribution >= 0.6 is 0 Å². The summed E-state index contributed by atoms with van der Waals surface area (Å²) in [6, 6.07) is 18.6. The van der Waals surface area contributed by atoms with Crippen LogP contribution in [0.4, 0.5) is 0 Å². The van der Waals surface area contributed by atoms with E-state index in [0.29, 0.717) is 66.8 Å². The molecule has 0 saturated heterocycles. The van der Waals surface area contributed by atoms with Gasteiger partial charge in [-0.05, 0) is 178 Å². The molecule has 12 aliphatic heterocycles. The minimum atomic E-state index is -3.25. The third-order valence-corrected chi connectivity index (χ3v) is 12.3. The first-order valence-electron chi connectivity index (χ1n) is 27.0. The summed E-state index contributed by atoms with van der Waals surface area (Å²) >= 11 is 0. The van der Waals surface area contributed by atoms with Crippen LogP contribution < -0.4 is 56.8 Å². The van der Waals surface area contributed by atoms with E-state index in [4.69, 9.17) is 56.8 Å². The maximum Gasteiger partial charge on any atom is 0.161 e. The Labute approximate surface area is 401 Å². The van der Waals surface area contributed by atoms with Gasteiger partial charge in [-0.1, -0.05) is 0 Å². The molecule has 0 atom stereocenters. The van der Waals surface area contributed by atoms with Crippen LogP contribution in [-0.4, -0.2) is 82.0 Å². The van der Waals surface area contributed by atoms with Crippen molar-refractivity contribution in [3.8, 4) is 69.0 Å². The van der Waals surface area contributed by atoms with Gasteiger partial charge >= 0.3 is 0 Å². The molecule has 342 valence electrons. The van der Waals surface area contributed by atoms with Gasteiger partial charge in [0.25, 0.3) is 0 Å². The monoisotopic (exact) mass is 906 g/mol. The summed E-state index contributed by atoms with van der Waals surface area (Å²) in [5, 5.41) is 0. The first-order valence-corrected chi connectivity index (χ1v) is 21.0. The van der Waals surface area contributed by atoms with Crippen molar-refractivity contribution in [2.24, 2.45) is 0 Å². The summed E-state index contributed by atoms with van der Waals surface area (Å²) in [7, 11) is 8.02. The predicted molar refractivity (Wildman–Crippen MR) is 248 cm³/mol. The second kappa shape index (κ2) is 18.4. The Morgan fingerprint density at radius 1 is 0.258 bits per heavy atom. The molecule has 12 heterocycles. The molecule has 0 spiro atoms. The van der Waals surface area contributed by atoms with Crippen LogP contribution in [0.15, 0.2) is 72.8 Å². The fraction of sp³-hybridized carbons (Fsp3) is 0.333. The third-order valence-electron chi connectivity index (χ3n) is 12.3. The fourth-order valence-corrected chi connectivity index (χ4v) is 8.96. The number of hydrogen-bond acceptors (Lipinski definition) is 12. The van der Waals surface area contributed by atoms with Crippen molar-refractivity contribution in [1.29, 1.82) is 0 Å². The van der Waals surface area contributed by atoms with E-state index in [-0.39, 0.29) is 108 Å². The van der Waals surface area contributed by atoms with E-state index in [1.165, 1.54) is 79.1 Å². The van der Waals surface area contributed by atoms with Crippen LogP contribution in [0.2, 0.25) is 0 Å². The van der Waals surface area contributed by atoms with Crippen LogP contribution in [0, 0.1) is 0 Å². The minimum absolute atomic E-state index is 0.00442. The molecule has 12 heteroatoms. The van der Waals surface area contributed by atoms with Gasteiger partial charge in [0.05, 0.1) is 59.1 Å². The first kappa shape index (κ1) is 30.9. The van der Waals surface area contributed by atoms with Gasteiger partial charge in [0.15, 0.2) is 69.0 Å². The molecule has 66 heavy (non-hydrogen) atoms. The summed E-state index contributed by atoms with van der Waals surface area (Å²) in [6.07, 6.45) is 0.308. The predicted octanol–water partition coefficient (Wildman–Crippen LogP) is 8.91. The Hall–Kier alpha value is -7.08. The Morgan fingerprint density at radius 3 is 0.530 bits per heavy atom. The lowest BCUT2D eigenvalue weighted by molar-refractivity contribution is 0.205. The molecule has 0 aromatic heterocycles. The van der Waals surface area contributed by atoms with Crippen molar-refractivity contribution < 1.29 is 73.3 Å². The van der Waals surface area contributed by atoms with Gasteiger partial charge in [-0.15, -0.1) is 0 Å². The molecule has 0 N–H and O–H groups in total. The molecule has 6 aromatic rings. The molecule has 0 amide bonds. The smallest absolute Gasteiger partial charge is 0.161 e. The van der Waals surface area contributed by atoms with E-state index in [0.717, 1.165) is 0 Å². The van der Waals surface area contributed by atoms with E-state index < -0.39 is 39.4 Å². The zero-order chi connectivity index (χ0) is 56.1. The SMILES string of the molecule is [2H]C1([2H])Oc2cc3c(cc2OC)Cc2cc4c(OC)cc2Cc2cc(c(OC)cc2C3)OC([2H])([2H])C([2H])([2H])Oc2cc3c(cc2OC)Cc2cc(c(OC)cc2Cc2cc(c(OC)cc2C3)OC1([2H])[2H])OC([2H])([2H])C([2H])([2H])O4. The molecular formula is C54H54O12. The number of benzene rings is 6. The van der Waals surface area contributed by atoms with Crippen LogP contribution in [-0.2, 0) is 38.5 Å². The number of hydrogen-bond donors (Lipinski definition) is 0. The molecule has 0 unspecified atom stereocenters. The Morgan fingerprint density at radius 2 is 0.394 bits per heavy atom. The zero-order valence-corrected chi connectivity index (χ0v) is 37.1. The fourth-order valence-electron chi connectivity index (χ4n) is 8.96. The van der Waals surface area contributed by atoms with Crippen LogP contribution in [0.3, 0.4) is 0 Å². The second-order valence-electron chi connectivity index (χ2n) is 15.9. The number of ether oxygens (including phenoxy) is 12. The van der Waals surface area contributed by atoms with Gasteiger partial charge < -0.3 is 56.8 Å². The van der Waals surface area contributed by atoms with Crippen molar-refractivity contribution in [3.05, 3.63) is 140 Å². The minimum Gasteiger partial charge on any atom is -0.493 e. The summed E-state index contributed by atoms with van der Waals surface area (Å²) in [6.45, 7) is -19.5. The van der Waals surface area contributed by atoms with Crippen molar-refractivity contribution in [2.75, 3.05) is 82.0 Å². The average Bonchev–Trinajstić information content (AvgIpc) is 3.58. The van der Waals surface area contributed by atoms with Crippen LogP contribution in [0.25, 0.3) is 0 Å². The molecule has 6 aromatic carbocycles. The zero-order valence-electron chi connectivity index (χ0n) is 49.1. The number of methoxy groups -OCH3 is 6. The second-order valence-corrected chi connectivity index (χ2v) is 15.9. The van der Waals surface area contributed by atoms with E-state index in [9.17, 15) is 16.4 Å². The van der Waals surface area contributed by atoms with Crippen LogP contribution in [0.1, 0.15) is 83.2 Å². The molecular weight excluding hydrogens is 841 g/mol. The Bertz CT molecular complexity index is 2810. The van der Waals surface area contributed by atoms with Crippen LogP contribution in [0.5, 0.6) is 69.0 Å². The van der Waals surface area contributed by atoms with Crippen molar-refractivity contribution in [2.45, 2.75) is 38.5 Å². The average molecular weight is 907 g/mol. The lowest BCUT2D eigenvalue weighted by Crippen LogP contribution is -2.12. The summed E-state index contributed by atoms with van der Waals surface area (Å²) < 4.78 is 182. The highest BCUT2D eigenvalue weighted by molar-refractivity contribution is 5.60. The molecule has 18 bridgehead atoms. The van der Waals surface area contributed by atoms with Gasteiger partial charge in [0, 0.05) is 0 Å². The lowest BCUT2D eigenvalue weighted by atomic mass is 9.94. The van der Waals surface area contributed by atoms with E-state index in [1.807, 2.05) is 0 Å².